The quantitative estimate of drug-likeness (QED) is 0.363. The van der Waals surface area contributed by atoms with Crippen molar-refractivity contribution < 1.29 is 14.5 Å². The lowest BCUT2D eigenvalue weighted by Gasteiger charge is -2.09. The standard InChI is InChI=1S/C17H12ClN3O4S2/c1-25-9-6-7-10-13(8-9)27-15(14(10)18)16(22)20-17(26)19-11-4-2-3-5-12(11)21(23)24/h2-8H,1H3,(H2,19,20,22,26). The molecule has 0 atom stereocenters. The summed E-state index contributed by atoms with van der Waals surface area (Å²) in [5.74, 6) is 0.150. The number of fused-ring (bicyclic) bond motifs is 1. The fourth-order valence-electron chi connectivity index (χ4n) is 2.37. The Balaban J connectivity index is 1.79. The van der Waals surface area contributed by atoms with Crippen molar-refractivity contribution >= 4 is 67.6 Å². The fourth-order valence-corrected chi connectivity index (χ4v) is 4.01. The molecule has 0 saturated carbocycles. The van der Waals surface area contributed by atoms with Crippen LogP contribution in [0.5, 0.6) is 5.75 Å². The first kappa shape index (κ1) is 19.0. The topological polar surface area (TPSA) is 93.5 Å². The summed E-state index contributed by atoms with van der Waals surface area (Å²) in [6.07, 6.45) is 0. The number of carbonyl (C=O) groups excluding carboxylic acids is 1. The first-order chi connectivity index (χ1) is 12.9. The molecule has 0 aliphatic rings. The van der Waals surface area contributed by atoms with Crippen molar-refractivity contribution in [1.82, 2.24) is 5.32 Å². The van der Waals surface area contributed by atoms with E-state index in [1.54, 1.807) is 31.4 Å². The SMILES string of the molecule is COc1ccc2c(Cl)c(C(=O)NC(=S)Nc3ccccc3[N+](=O)[O-])sc2c1. The minimum Gasteiger partial charge on any atom is -0.497 e. The third kappa shape index (κ3) is 4.00. The van der Waals surface area contributed by atoms with Gasteiger partial charge in [-0.15, -0.1) is 11.3 Å². The van der Waals surface area contributed by atoms with E-state index in [4.69, 9.17) is 28.6 Å². The van der Waals surface area contributed by atoms with E-state index in [1.165, 1.54) is 29.5 Å². The Hall–Kier alpha value is -2.75. The molecule has 0 fully saturated rings. The molecular formula is C17H12ClN3O4S2. The molecule has 138 valence electrons. The van der Waals surface area contributed by atoms with Crippen molar-refractivity contribution in [2.24, 2.45) is 0 Å². The molecule has 1 heterocycles. The van der Waals surface area contributed by atoms with Crippen LogP contribution in [-0.2, 0) is 0 Å². The van der Waals surface area contributed by atoms with Crippen molar-refractivity contribution in [2.45, 2.75) is 0 Å². The van der Waals surface area contributed by atoms with Gasteiger partial charge in [0, 0.05) is 16.2 Å². The lowest BCUT2D eigenvalue weighted by Crippen LogP contribution is -2.34. The number of hydrogen-bond donors (Lipinski definition) is 2. The first-order valence-electron chi connectivity index (χ1n) is 7.52. The van der Waals surface area contributed by atoms with E-state index in [0.29, 0.717) is 10.8 Å². The van der Waals surface area contributed by atoms with E-state index in [2.05, 4.69) is 10.6 Å². The zero-order chi connectivity index (χ0) is 19.6. The number of rotatable bonds is 4. The van der Waals surface area contributed by atoms with Crippen molar-refractivity contribution in [3.8, 4) is 5.75 Å². The number of hydrogen-bond acceptors (Lipinski definition) is 6. The minimum atomic E-state index is -0.539. The molecule has 0 spiro atoms. The van der Waals surface area contributed by atoms with Crippen LogP contribution in [0.25, 0.3) is 10.1 Å². The molecule has 7 nitrogen and oxygen atoms in total. The molecule has 0 aliphatic heterocycles. The summed E-state index contributed by atoms with van der Waals surface area (Å²) in [6, 6.07) is 11.3. The van der Waals surface area contributed by atoms with Crippen LogP contribution in [0.3, 0.4) is 0 Å². The fraction of sp³-hybridized carbons (Fsp3) is 0.0588. The van der Waals surface area contributed by atoms with Crippen molar-refractivity contribution in [3.63, 3.8) is 0 Å². The highest BCUT2D eigenvalue weighted by molar-refractivity contribution is 7.80. The van der Waals surface area contributed by atoms with Crippen LogP contribution in [0.2, 0.25) is 5.02 Å². The summed E-state index contributed by atoms with van der Waals surface area (Å²) in [5, 5.41) is 17.2. The number of nitrogens with one attached hydrogen (secondary N) is 2. The number of thiocarbonyl (C=S) groups is 1. The summed E-state index contributed by atoms with van der Waals surface area (Å²) in [5.41, 5.74) is 0.0288. The molecule has 0 radical (unpaired) electrons. The number of anilines is 1. The Morgan fingerprint density at radius 2 is 2.04 bits per heavy atom. The van der Waals surface area contributed by atoms with E-state index in [9.17, 15) is 14.9 Å². The molecule has 2 N–H and O–H groups in total. The molecule has 0 aliphatic carbocycles. The molecule has 0 unspecified atom stereocenters. The van der Waals surface area contributed by atoms with Gasteiger partial charge in [0.25, 0.3) is 11.6 Å². The molecule has 0 bridgehead atoms. The first-order valence-corrected chi connectivity index (χ1v) is 9.12. The Bertz CT molecular complexity index is 1070. The van der Waals surface area contributed by atoms with Crippen molar-refractivity contribution in [2.75, 3.05) is 12.4 Å². The molecule has 3 aromatic rings. The number of halogens is 1. The van der Waals surface area contributed by atoms with Gasteiger partial charge in [-0.3, -0.25) is 20.2 Å². The van der Waals surface area contributed by atoms with Gasteiger partial charge in [0.15, 0.2) is 5.11 Å². The molecule has 1 aromatic heterocycles. The lowest BCUT2D eigenvalue weighted by molar-refractivity contribution is -0.383. The summed E-state index contributed by atoms with van der Waals surface area (Å²) in [7, 11) is 1.55. The Labute approximate surface area is 168 Å². The van der Waals surface area contributed by atoms with Gasteiger partial charge in [0.2, 0.25) is 0 Å². The van der Waals surface area contributed by atoms with E-state index >= 15 is 0 Å². The molecular weight excluding hydrogens is 410 g/mol. The molecule has 2 aromatic carbocycles. The van der Waals surface area contributed by atoms with Gasteiger partial charge < -0.3 is 10.1 Å². The zero-order valence-corrected chi connectivity index (χ0v) is 16.2. The maximum Gasteiger partial charge on any atom is 0.292 e. The van der Waals surface area contributed by atoms with Crippen LogP contribution in [0.1, 0.15) is 9.67 Å². The van der Waals surface area contributed by atoms with Crippen LogP contribution < -0.4 is 15.4 Å². The maximum atomic E-state index is 12.5. The summed E-state index contributed by atoms with van der Waals surface area (Å²) in [4.78, 5) is 23.3. The van der Waals surface area contributed by atoms with E-state index < -0.39 is 10.8 Å². The highest BCUT2D eigenvalue weighted by atomic mass is 35.5. The van der Waals surface area contributed by atoms with Crippen LogP contribution >= 0.6 is 35.2 Å². The van der Waals surface area contributed by atoms with Crippen LogP contribution in [-0.4, -0.2) is 23.1 Å². The zero-order valence-electron chi connectivity index (χ0n) is 13.8. The number of methoxy groups -OCH3 is 1. The van der Waals surface area contributed by atoms with E-state index in [0.717, 1.165) is 10.1 Å². The third-order valence-electron chi connectivity index (χ3n) is 3.62. The minimum absolute atomic E-state index is 0.0691. The number of para-hydroxylation sites is 2. The number of benzene rings is 2. The Morgan fingerprint density at radius 3 is 2.74 bits per heavy atom. The highest BCUT2D eigenvalue weighted by Crippen LogP contribution is 2.37. The average molecular weight is 422 g/mol. The Morgan fingerprint density at radius 1 is 1.30 bits per heavy atom. The summed E-state index contributed by atoms with van der Waals surface area (Å²) >= 11 is 12.6. The molecule has 27 heavy (non-hydrogen) atoms. The second kappa shape index (κ2) is 7.87. The largest absolute Gasteiger partial charge is 0.497 e. The van der Waals surface area contributed by atoms with Crippen LogP contribution in [0.15, 0.2) is 42.5 Å². The van der Waals surface area contributed by atoms with Gasteiger partial charge >= 0.3 is 0 Å². The predicted molar refractivity (Wildman–Crippen MR) is 110 cm³/mol. The lowest BCUT2D eigenvalue weighted by atomic mass is 10.2. The number of nitrogens with zero attached hydrogens (tertiary/aromatic N) is 1. The van der Waals surface area contributed by atoms with Crippen LogP contribution in [0.4, 0.5) is 11.4 Å². The smallest absolute Gasteiger partial charge is 0.292 e. The van der Waals surface area contributed by atoms with E-state index in [-0.39, 0.29) is 21.4 Å². The Kier molecular flexibility index (Phi) is 5.54. The van der Waals surface area contributed by atoms with Crippen molar-refractivity contribution in [1.29, 1.82) is 0 Å². The number of nitro groups is 1. The van der Waals surface area contributed by atoms with Crippen molar-refractivity contribution in [3.05, 3.63) is 62.5 Å². The second-order valence-corrected chi connectivity index (χ2v) is 7.13. The normalized spacial score (nSPS) is 10.4. The average Bonchev–Trinajstić information content (AvgIpc) is 2.98. The van der Waals surface area contributed by atoms with Gasteiger partial charge in [0.1, 0.15) is 16.3 Å². The van der Waals surface area contributed by atoms with Gasteiger partial charge in [-0.1, -0.05) is 23.7 Å². The highest BCUT2D eigenvalue weighted by Gasteiger charge is 2.20. The number of ether oxygens (including phenoxy) is 1. The summed E-state index contributed by atoms with van der Waals surface area (Å²) < 4.78 is 5.96. The molecule has 10 heteroatoms. The monoisotopic (exact) mass is 421 g/mol. The van der Waals surface area contributed by atoms with Gasteiger partial charge in [-0.25, -0.2) is 0 Å². The number of thiophene rings is 1. The van der Waals surface area contributed by atoms with Crippen LogP contribution in [0, 0.1) is 10.1 Å². The maximum absolute atomic E-state index is 12.5. The van der Waals surface area contributed by atoms with Gasteiger partial charge in [-0.2, -0.15) is 0 Å². The van der Waals surface area contributed by atoms with E-state index in [1.807, 2.05) is 0 Å². The number of nitro benzene ring substituents is 1. The molecule has 1 amide bonds. The number of carbonyl (C=O) groups is 1. The third-order valence-corrected chi connectivity index (χ3v) is 5.48. The second-order valence-electron chi connectivity index (χ2n) is 5.29. The number of amides is 1. The summed E-state index contributed by atoms with van der Waals surface area (Å²) in [6.45, 7) is 0. The molecule has 0 saturated heterocycles. The van der Waals surface area contributed by atoms with Gasteiger partial charge in [0.05, 0.1) is 17.1 Å². The molecule has 3 rings (SSSR count). The van der Waals surface area contributed by atoms with Gasteiger partial charge in [-0.05, 0) is 36.5 Å². The predicted octanol–water partition coefficient (Wildman–Crippen LogP) is 4.60.